The summed E-state index contributed by atoms with van der Waals surface area (Å²) >= 11 is 0. The van der Waals surface area contributed by atoms with E-state index in [1.54, 1.807) is 24.1 Å². The molecule has 0 heterocycles. The molecule has 0 saturated heterocycles. The number of carbonyl (C=O) groups excluding carboxylic acids is 1. The van der Waals surface area contributed by atoms with E-state index in [4.69, 9.17) is 0 Å². The van der Waals surface area contributed by atoms with Crippen LogP contribution in [-0.2, 0) is 11.2 Å². The molecule has 1 rings (SSSR count). The summed E-state index contributed by atoms with van der Waals surface area (Å²) in [5.74, 6) is -0.302. The van der Waals surface area contributed by atoms with E-state index in [0.717, 1.165) is 6.54 Å². The quantitative estimate of drug-likeness (QED) is 0.810. The van der Waals surface area contributed by atoms with Crippen LogP contribution in [0.2, 0.25) is 0 Å². The Morgan fingerprint density at radius 3 is 2.88 bits per heavy atom. The maximum absolute atomic E-state index is 12.9. The van der Waals surface area contributed by atoms with Crippen molar-refractivity contribution in [3.8, 4) is 0 Å². The van der Waals surface area contributed by atoms with Gasteiger partial charge in [-0.3, -0.25) is 4.79 Å². The van der Waals surface area contributed by atoms with Gasteiger partial charge in [-0.1, -0.05) is 12.1 Å². The molecule has 0 atom stereocenters. The van der Waals surface area contributed by atoms with Crippen molar-refractivity contribution in [2.45, 2.75) is 6.42 Å². The predicted molar refractivity (Wildman–Crippen MR) is 61.7 cm³/mol. The minimum absolute atomic E-state index is 0.000787. The zero-order chi connectivity index (χ0) is 12.0. The summed E-state index contributed by atoms with van der Waals surface area (Å²) in [4.78, 5) is 13.3. The minimum Gasteiger partial charge on any atom is -0.344 e. The summed E-state index contributed by atoms with van der Waals surface area (Å²) in [5.41, 5.74) is 0.710. The second kappa shape index (κ2) is 6.23. The molecule has 0 aromatic heterocycles. The van der Waals surface area contributed by atoms with Crippen LogP contribution in [-0.4, -0.2) is 38.0 Å². The molecule has 0 aliphatic carbocycles. The highest BCUT2D eigenvalue weighted by molar-refractivity contribution is 5.78. The van der Waals surface area contributed by atoms with Crippen LogP contribution >= 0.6 is 0 Å². The van der Waals surface area contributed by atoms with Gasteiger partial charge in [-0.25, -0.2) is 4.39 Å². The highest BCUT2D eigenvalue weighted by Crippen LogP contribution is 2.05. The molecule has 0 aliphatic heterocycles. The molecule has 1 aromatic rings. The van der Waals surface area contributed by atoms with Gasteiger partial charge in [-0.2, -0.15) is 0 Å². The Kier molecular flexibility index (Phi) is 4.92. The maximum atomic E-state index is 12.9. The van der Waals surface area contributed by atoms with Gasteiger partial charge >= 0.3 is 0 Å². The number of nitrogens with one attached hydrogen (secondary N) is 1. The lowest BCUT2D eigenvalue weighted by atomic mass is 10.1. The largest absolute Gasteiger partial charge is 0.344 e. The molecular formula is C12H17FN2O. The highest BCUT2D eigenvalue weighted by atomic mass is 19.1. The Hall–Kier alpha value is -1.42. The van der Waals surface area contributed by atoms with Crippen LogP contribution in [0.1, 0.15) is 5.56 Å². The van der Waals surface area contributed by atoms with Crippen LogP contribution in [0.3, 0.4) is 0 Å². The van der Waals surface area contributed by atoms with Crippen molar-refractivity contribution < 1.29 is 9.18 Å². The van der Waals surface area contributed by atoms with Crippen molar-refractivity contribution in [3.63, 3.8) is 0 Å². The van der Waals surface area contributed by atoms with E-state index in [-0.39, 0.29) is 18.1 Å². The molecule has 0 radical (unpaired) electrons. The summed E-state index contributed by atoms with van der Waals surface area (Å²) in [6.45, 7) is 1.41. The van der Waals surface area contributed by atoms with E-state index in [1.807, 2.05) is 7.05 Å². The first-order valence-corrected chi connectivity index (χ1v) is 5.26. The lowest BCUT2D eigenvalue weighted by Crippen LogP contribution is -2.33. The van der Waals surface area contributed by atoms with Gasteiger partial charge in [0.15, 0.2) is 0 Å². The molecule has 0 aliphatic rings. The minimum atomic E-state index is -0.303. The Bertz CT molecular complexity index is 355. The average molecular weight is 224 g/mol. The van der Waals surface area contributed by atoms with Crippen LogP contribution < -0.4 is 5.32 Å². The molecule has 1 N–H and O–H groups in total. The molecule has 0 fully saturated rings. The summed E-state index contributed by atoms with van der Waals surface area (Å²) in [5, 5.41) is 2.97. The van der Waals surface area contributed by atoms with Gasteiger partial charge in [0.2, 0.25) is 5.91 Å². The van der Waals surface area contributed by atoms with Crippen molar-refractivity contribution in [1.82, 2.24) is 10.2 Å². The van der Waals surface area contributed by atoms with Crippen LogP contribution in [0, 0.1) is 5.82 Å². The first-order valence-electron chi connectivity index (χ1n) is 5.26. The van der Waals surface area contributed by atoms with Gasteiger partial charge in [-0.15, -0.1) is 0 Å². The van der Waals surface area contributed by atoms with E-state index in [2.05, 4.69) is 5.32 Å². The number of nitrogens with zero attached hydrogens (tertiary/aromatic N) is 1. The molecule has 0 bridgehead atoms. The second-order valence-electron chi connectivity index (χ2n) is 3.73. The Morgan fingerprint density at radius 1 is 1.50 bits per heavy atom. The topological polar surface area (TPSA) is 32.3 Å². The molecule has 16 heavy (non-hydrogen) atoms. The lowest BCUT2D eigenvalue weighted by Gasteiger charge is -2.16. The summed E-state index contributed by atoms with van der Waals surface area (Å²) in [7, 11) is 3.59. The van der Waals surface area contributed by atoms with Gasteiger partial charge in [0.05, 0.1) is 6.42 Å². The third-order valence-corrected chi connectivity index (χ3v) is 2.37. The molecule has 1 amide bonds. The first-order chi connectivity index (χ1) is 7.63. The fourth-order valence-electron chi connectivity index (χ4n) is 1.36. The molecule has 0 unspecified atom stereocenters. The molecule has 4 heteroatoms. The predicted octanol–water partition coefficient (Wildman–Crippen LogP) is 1.05. The van der Waals surface area contributed by atoms with E-state index < -0.39 is 0 Å². The number of likely N-dealkylation sites (N-methyl/N-ethyl adjacent to an activating group) is 2. The smallest absolute Gasteiger partial charge is 0.226 e. The van der Waals surface area contributed by atoms with Gasteiger partial charge in [0.1, 0.15) is 5.82 Å². The number of amides is 1. The van der Waals surface area contributed by atoms with Crippen LogP contribution in [0.5, 0.6) is 0 Å². The zero-order valence-electron chi connectivity index (χ0n) is 9.66. The average Bonchev–Trinajstić information content (AvgIpc) is 2.25. The molecule has 0 spiro atoms. The molecule has 0 saturated carbocycles. The highest BCUT2D eigenvalue weighted by Gasteiger charge is 2.09. The number of hydrogen-bond donors (Lipinski definition) is 1. The fourth-order valence-corrected chi connectivity index (χ4v) is 1.36. The summed E-state index contributed by atoms with van der Waals surface area (Å²) in [6, 6.07) is 6.14. The van der Waals surface area contributed by atoms with Crippen molar-refractivity contribution >= 4 is 5.91 Å². The standard InChI is InChI=1S/C12H17FN2O/c1-14-6-7-15(2)12(16)9-10-4-3-5-11(13)8-10/h3-5,8,14H,6-7,9H2,1-2H3. The monoisotopic (exact) mass is 224 g/mol. The van der Waals surface area contributed by atoms with Gasteiger partial charge in [0.25, 0.3) is 0 Å². The Morgan fingerprint density at radius 2 is 2.25 bits per heavy atom. The molecule has 88 valence electrons. The van der Waals surface area contributed by atoms with Gasteiger partial charge < -0.3 is 10.2 Å². The Balaban J connectivity index is 2.50. The van der Waals surface area contributed by atoms with Crippen molar-refractivity contribution in [2.75, 3.05) is 27.2 Å². The third kappa shape index (κ3) is 3.98. The van der Waals surface area contributed by atoms with Gasteiger partial charge in [0, 0.05) is 20.1 Å². The maximum Gasteiger partial charge on any atom is 0.226 e. The fraction of sp³-hybridized carbons (Fsp3) is 0.417. The Labute approximate surface area is 95.3 Å². The lowest BCUT2D eigenvalue weighted by molar-refractivity contribution is -0.129. The molecular weight excluding hydrogens is 207 g/mol. The van der Waals surface area contributed by atoms with Crippen LogP contribution in [0.15, 0.2) is 24.3 Å². The van der Waals surface area contributed by atoms with Crippen LogP contribution in [0.25, 0.3) is 0 Å². The van der Waals surface area contributed by atoms with E-state index in [0.29, 0.717) is 12.1 Å². The van der Waals surface area contributed by atoms with Crippen LogP contribution in [0.4, 0.5) is 4.39 Å². The van der Waals surface area contributed by atoms with E-state index in [9.17, 15) is 9.18 Å². The number of rotatable bonds is 5. The number of carbonyl (C=O) groups is 1. The molecule has 3 nitrogen and oxygen atoms in total. The van der Waals surface area contributed by atoms with E-state index in [1.165, 1.54) is 12.1 Å². The normalized spacial score (nSPS) is 10.2. The second-order valence-corrected chi connectivity index (χ2v) is 3.73. The van der Waals surface area contributed by atoms with Crippen molar-refractivity contribution in [2.24, 2.45) is 0 Å². The zero-order valence-corrected chi connectivity index (χ0v) is 9.66. The van der Waals surface area contributed by atoms with Crippen molar-refractivity contribution in [1.29, 1.82) is 0 Å². The third-order valence-electron chi connectivity index (χ3n) is 2.37. The van der Waals surface area contributed by atoms with Gasteiger partial charge in [-0.05, 0) is 24.7 Å². The number of benzene rings is 1. The van der Waals surface area contributed by atoms with E-state index >= 15 is 0 Å². The van der Waals surface area contributed by atoms with Crippen molar-refractivity contribution in [3.05, 3.63) is 35.6 Å². The first kappa shape index (κ1) is 12.6. The summed E-state index contributed by atoms with van der Waals surface area (Å²) < 4.78 is 12.9. The SMILES string of the molecule is CNCCN(C)C(=O)Cc1cccc(F)c1. The summed E-state index contributed by atoms with van der Waals surface area (Å²) in [6.07, 6.45) is 0.248. The molecule has 1 aromatic carbocycles. The number of hydrogen-bond acceptors (Lipinski definition) is 2. The number of halogens is 1.